The van der Waals surface area contributed by atoms with E-state index in [1.165, 1.54) is 13.0 Å². The van der Waals surface area contributed by atoms with Crippen LogP contribution in [0.5, 0.6) is 0 Å². The van der Waals surface area contributed by atoms with Crippen molar-refractivity contribution < 1.29 is 23.5 Å². The highest BCUT2D eigenvalue weighted by atomic mass is 35.5. The van der Waals surface area contributed by atoms with E-state index in [4.69, 9.17) is 16.3 Å². The maximum atomic E-state index is 15.1. The maximum absolute atomic E-state index is 15.1. The number of nitrogens with zero attached hydrogens (tertiary/aromatic N) is 3. The van der Waals surface area contributed by atoms with E-state index < -0.39 is 12.0 Å². The Labute approximate surface area is 242 Å². The maximum Gasteiger partial charge on any atom is 0.245 e. The Bertz CT molecular complexity index is 1090. The van der Waals surface area contributed by atoms with Gasteiger partial charge in [0.1, 0.15) is 11.9 Å². The highest BCUT2D eigenvalue weighted by Gasteiger charge is 2.45. The molecule has 40 heavy (non-hydrogen) atoms. The quantitative estimate of drug-likeness (QED) is 0.557. The number of carbonyl (C=O) groups is 3. The third-order valence-electron chi connectivity index (χ3n) is 8.45. The molecule has 0 radical (unpaired) electrons. The van der Waals surface area contributed by atoms with Crippen molar-refractivity contribution in [1.29, 1.82) is 0 Å². The molecule has 222 valence electrons. The Kier molecular flexibility index (Phi) is 9.78. The largest absolute Gasteiger partial charge is 0.381 e. The fraction of sp³-hybridized carbons (Fsp3) is 0.700. The van der Waals surface area contributed by atoms with E-state index >= 15 is 4.39 Å². The van der Waals surface area contributed by atoms with Crippen LogP contribution in [0.2, 0.25) is 5.02 Å². The van der Waals surface area contributed by atoms with Gasteiger partial charge < -0.3 is 19.9 Å². The summed E-state index contributed by atoms with van der Waals surface area (Å²) in [7, 11) is 0. The molecule has 3 aliphatic heterocycles. The van der Waals surface area contributed by atoms with Gasteiger partial charge in [-0.15, -0.1) is 0 Å². The van der Waals surface area contributed by atoms with E-state index in [2.05, 4.69) is 10.2 Å². The van der Waals surface area contributed by atoms with Gasteiger partial charge >= 0.3 is 0 Å². The van der Waals surface area contributed by atoms with Gasteiger partial charge in [-0.1, -0.05) is 38.4 Å². The summed E-state index contributed by atoms with van der Waals surface area (Å²) in [6.07, 6.45) is 2.33. The Morgan fingerprint density at radius 2 is 1.82 bits per heavy atom. The van der Waals surface area contributed by atoms with Gasteiger partial charge in [-0.2, -0.15) is 0 Å². The van der Waals surface area contributed by atoms with Crippen LogP contribution in [0.25, 0.3) is 0 Å². The smallest absolute Gasteiger partial charge is 0.245 e. The minimum absolute atomic E-state index is 0.00149. The Balaban J connectivity index is 1.50. The monoisotopic (exact) mass is 578 g/mol. The number of likely N-dealkylation sites (tertiary alicyclic amines) is 1. The second kappa shape index (κ2) is 12.7. The molecule has 10 heteroatoms. The molecule has 1 N–H and O–H groups in total. The normalized spacial score (nSPS) is 25.6. The van der Waals surface area contributed by atoms with Crippen LogP contribution in [0.15, 0.2) is 18.2 Å². The molecule has 0 bridgehead atoms. The lowest BCUT2D eigenvalue weighted by atomic mass is 9.86. The van der Waals surface area contributed by atoms with Gasteiger partial charge in [0.15, 0.2) is 0 Å². The van der Waals surface area contributed by atoms with Crippen LogP contribution in [0, 0.1) is 17.2 Å². The summed E-state index contributed by atoms with van der Waals surface area (Å²) in [4.78, 5) is 45.3. The molecule has 0 spiro atoms. The summed E-state index contributed by atoms with van der Waals surface area (Å²) in [6, 6.07) is 4.23. The van der Waals surface area contributed by atoms with Crippen LogP contribution < -0.4 is 5.32 Å². The average molecular weight is 579 g/mol. The van der Waals surface area contributed by atoms with Crippen LogP contribution in [0.4, 0.5) is 4.39 Å². The van der Waals surface area contributed by atoms with Crippen molar-refractivity contribution in [2.75, 3.05) is 45.9 Å². The van der Waals surface area contributed by atoms with Crippen LogP contribution in [0.1, 0.15) is 65.4 Å². The average Bonchev–Trinajstić information content (AvgIpc) is 3.32. The SMILES string of the molecule is CC(=O)NC(CC(C)(C)C)C(=O)N1CCN(C(=O)[C@@H]2CN(C3CCOCC3)C[C@H]2c2ccc(Cl)cc2F)[C@@H](C)C1. The topological polar surface area (TPSA) is 82.2 Å². The summed E-state index contributed by atoms with van der Waals surface area (Å²) in [5, 5.41) is 3.16. The fourth-order valence-electron chi connectivity index (χ4n) is 6.53. The van der Waals surface area contributed by atoms with Crippen molar-refractivity contribution in [2.45, 2.75) is 77.9 Å². The van der Waals surface area contributed by atoms with Crippen LogP contribution >= 0.6 is 11.6 Å². The van der Waals surface area contributed by atoms with E-state index in [0.29, 0.717) is 69.0 Å². The number of nitrogens with one attached hydrogen (secondary N) is 1. The molecule has 3 fully saturated rings. The van der Waals surface area contributed by atoms with Crippen LogP contribution in [-0.4, -0.2) is 96.5 Å². The van der Waals surface area contributed by atoms with E-state index in [9.17, 15) is 14.4 Å². The van der Waals surface area contributed by atoms with Crippen molar-refractivity contribution >= 4 is 29.3 Å². The lowest BCUT2D eigenvalue weighted by molar-refractivity contribution is -0.147. The number of hydrogen-bond donors (Lipinski definition) is 1. The number of halogens is 2. The van der Waals surface area contributed by atoms with Gasteiger partial charge in [0.25, 0.3) is 0 Å². The summed E-state index contributed by atoms with van der Waals surface area (Å²) >= 11 is 6.04. The lowest BCUT2D eigenvalue weighted by Crippen LogP contribution is -2.60. The molecule has 0 saturated carbocycles. The van der Waals surface area contributed by atoms with E-state index in [0.717, 1.165) is 12.8 Å². The Morgan fingerprint density at radius 3 is 2.42 bits per heavy atom. The molecular weight excluding hydrogens is 535 g/mol. The number of hydrogen-bond acceptors (Lipinski definition) is 5. The van der Waals surface area contributed by atoms with Gasteiger partial charge in [-0.05, 0) is 49.3 Å². The van der Waals surface area contributed by atoms with E-state index in [1.807, 2.05) is 32.6 Å². The molecule has 3 saturated heterocycles. The van der Waals surface area contributed by atoms with Crippen molar-refractivity contribution in [2.24, 2.45) is 11.3 Å². The summed E-state index contributed by atoms with van der Waals surface area (Å²) in [5.74, 6) is -1.40. The van der Waals surface area contributed by atoms with Crippen LogP contribution in [0.3, 0.4) is 0 Å². The molecule has 3 aliphatic rings. The van der Waals surface area contributed by atoms with Gasteiger partial charge in [-0.3, -0.25) is 19.3 Å². The van der Waals surface area contributed by atoms with Gasteiger partial charge in [0, 0.05) is 75.9 Å². The van der Waals surface area contributed by atoms with Crippen molar-refractivity contribution in [1.82, 2.24) is 20.0 Å². The number of amides is 3. The number of rotatable bonds is 6. The number of ether oxygens (including phenoxy) is 1. The second-order valence-electron chi connectivity index (χ2n) is 12.9. The summed E-state index contributed by atoms with van der Waals surface area (Å²) in [5.41, 5.74) is 0.385. The predicted molar refractivity (Wildman–Crippen MR) is 152 cm³/mol. The van der Waals surface area contributed by atoms with Crippen molar-refractivity contribution in [3.05, 3.63) is 34.6 Å². The highest BCUT2D eigenvalue weighted by Crippen LogP contribution is 2.38. The molecule has 3 amide bonds. The Hall–Kier alpha value is -2.23. The zero-order valence-corrected chi connectivity index (χ0v) is 25.2. The molecule has 3 heterocycles. The first-order valence-electron chi connectivity index (χ1n) is 14.5. The third-order valence-corrected chi connectivity index (χ3v) is 8.68. The minimum atomic E-state index is -0.605. The zero-order valence-electron chi connectivity index (χ0n) is 24.4. The van der Waals surface area contributed by atoms with Gasteiger partial charge in [-0.25, -0.2) is 4.39 Å². The first-order chi connectivity index (χ1) is 18.8. The minimum Gasteiger partial charge on any atom is -0.381 e. The molecular formula is C30H44ClFN4O4. The lowest BCUT2D eigenvalue weighted by Gasteiger charge is -2.43. The number of piperazine rings is 1. The summed E-state index contributed by atoms with van der Waals surface area (Å²) < 4.78 is 20.7. The highest BCUT2D eigenvalue weighted by molar-refractivity contribution is 6.30. The second-order valence-corrected chi connectivity index (χ2v) is 13.3. The summed E-state index contributed by atoms with van der Waals surface area (Å²) in [6.45, 7) is 13.3. The third kappa shape index (κ3) is 7.34. The molecule has 1 aromatic carbocycles. The number of carbonyl (C=O) groups excluding carboxylic acids is 3. The molecule has 1 unspecified atom stereocenters. The van der Waals surface area contributed by atoms with Gasteiger partial charge in [0.05, 0.1) is 5.92 Å². The van der Waals surface area contributed by atoms with Gasteiger partial charge in [0.2, 0.25) is 17.7 Å². The fourth-order valence-corrected chi connectivity index (χ4v) is 6.69. The van der Waals surface area contributed by atoms with E-state index in [1.54, 1.807) is 17.0 Å². The molecule has 8 nitrogen and oxygen atoms in total. The molecule has 4 atom stereocenters. The zero-order chi connectivity index (χ0) is 29.2. The van der Waals surface area contributed by atoms with E-state index in [-0.39, 0.29) is 40.9 Å². The number of benzene rings is 1. The van der Waals surface area contributed by atoms with Crippen LogP contribution in [-0.2, 0) is 19.1 Å². The first kappa shape index (κ1) is 30.7. The molecule has 4 rings (SSSR count). The Morgan fingerprint density at radius 1 is 1.12 bits per heavy atom. The molecule has 0 aromatic heterocycles. The first-order valence-corrected chi connectivity index (χ1v) is 14.8. The van der Waals surface area contributed by atoms with Crippen molar-refractivity contribution in [3.8, 4) is 0 Å². The molecule has 1 aromatic rings. The predicted octanol–water partition coefficient (Wildman–Crippen LogP) is 3.67. The standard InChI is InChI=1S/C30H44ClFN4O4/c1-19-16-34(29(39)27(33-20(2)37)15-30(3,4)5)10-11-36(19)28(38)25-18-35(22-8-12-40-13-9-22)17-24(25)23-7-6-21(31)14-26(23)32/h6-7,14,19,22,24-25,27H,8-13,15-18H2,1-5H3,(H,33,37)/t19-,24-,25+,27?/m0/s1. The van der Waals surface area contributed by atoms with Crippen molar-refractivity contribution in [3.63, 3.8) is 0 Å². The molecule has 0 aliphatic carbocycles.